The minimum Gasteiger partial charge on any atom is -0.368 e. The Labute approximate surface area is 178 Å². The number of nitrogens with one attached hydrogen (secondary N) is 1. The second kappa shape index (κ2) is 7.60. The van der Waals surface area contributed by atoms with Crippen LogP contribution >= 0.6 is 0 Å². The van der Waals surface area contributed by atoms with E-state index < -0.39 is 10.0 Å². The van der Waals surface area contributed by atoms with E-state index in [4.69, 9.17) is 0 Å². The normalized spacial score (nSPS) is 19.8. The van der Waals surface area contributed by atoms with Crippen LogP contribution in [0.15, 0.2) is 65.6 Å². The van der Waals surface area contributed by atoms with Gasteiger partial charge in [-0.2, -0.15) is 0 Å². The summed E-state index contributed by atoms with van der Waals surface area (Å²) in [6.07, 6.45) is 2.56. The molecule has 1 N–H and O–H groups in total. The predicted molar refractivity (Wildman–Crippen MR) is 123 cm³/mol. The topological polar surface area (TPSA) is 52.7 Å². The Kier molecular flexibility index (Phi) is 4.91. The van der Waals surface area contributed by atoms with E-state index in [0.717, 1.165) is 36.0 Å². The third kappa shape index (κ3) is 3.55. The van der Waals surface area contributed by atoms with Gasteiger partial charge in [0.05, 0.1) is 10.6 Å². The smallest absolute Gasteiger partial charge is 0.261 e. The first-order valence-corrected chi connectivity index (χ1v) is 12.1. The summed E-state index contributed by atoms with van der Waals surface area (Å²) in [4.78, 5) is 5.34. The molecule has 0 aromatic heterocycles. The molecule has 0 radical (unpaired) electrons. The molecule has 1 unspecified atom stereocenters. The Morgan fingerprint density at radius 2 is 1.67 bits per heavy atom. The number of sulfonamides is 1. The lowest BCUT2D eigenvalue weighted by molar-refractivity contribution is 0.231. The molecule has 0 saturated carbocycles. The summed E-state index contributed by atoms with van der Waals surface area (Å²) < 4.78 is 28.7. The summed E-state index contributed by atoms with van der Waals surface area (Å²) in [6.45, 7) is 6.31. The van der Waals surface area contributed by atoms with Gasteiger partial charge in [0.25, 0.3) is 10.0 Å². The summed E-state index contributed by atoms with van der Waals surface area (Å²) in [5.74, 6) is 0. The molecule has 0 aliphatic carbocycles. The van der Waals surface area contributed by atoms with E-state index in [2.05, 4.69) is 26.7 Å². The van der Waals surface area contributed by atoms with Gasteiger partial charge < -0.3 is 4.90 Å². The van der Waals surface area contributed by atoms with Gasteiger partial charge in [-0.1, -0.05) is 42.0 Å². The van der Waals surface area contributed by atoms with Crippen molar-refractivity contribution in [2.24, 2.45) is 0 Å². The summed E-state index contributed by atoms with van der Waals surface area (Å²) in [6, 6.07) is 19.6. The van der Waals surface area contributed by atoms with E-state index in [-0.39, 0.29) is 4.90 Å². The Bertz CT molecular complexity index is 1170. The summed E-state index contributed by atoms with van der Waals surface area (Å²) in [5.41, 5.74) is 2.84. The van der Waals surface area contributed by atoms with E-state index in [1.165, 1.54) is 25.1 Å². The lowest BCUT2D eigenvalue weighted by atomic mass is 10.0. The maximum absolute atomic E-state index is 12.9. The number of benzene rings is 3. The molecular formula is C24H27N3O2S. The number of hydrogen-bond donors (Lipinski definition) is 1. The molecule has 3 aromatic carbocycles. The number of nitrogens with zero attached hydrogens (tertiary/aromatic N) is 2. The SMILES string of the molecule is Cc1ccc(S(=O)(=O)Nc2ccc(N3CCN4CCCC4C3)c3ccccc23)cc1. The number of piperazine rings is 1. The Morgan fingerprint density at radius 3 is 2.47 bits per heavy atom. The van der Waals surface area contributed by atoms with Gasteiger partial charge in [-0.3, -0.25) is 9.62 Å². The highest BCUT2D eigenvalue weighted by atomic mass is 32.2. The number of rotatable bonds is 4. The first kappa shape index (κ1) is 19.4. The zero-order valence-electron chi connectivity index (χ0n) is 17.2. The van der Waals surface area contributed by atoms with Gasteiger partial charge in [0, 0.05) is 42.1 Å². The van der Waals surface area contributed by atoms with Gasteiger partial charge in [0.15, 0.2) is 0 Å². The van der Waals surface area contributed by atoms with Crippen LogP contribution < -0.4 is 9.62 Å². The number of fused-ring (bicyclic) bond motifs is 2. The van der Waals surface area contributed by atoms with Gasteiger partial charge in [-0.25, -0.2) is 8.42 Å². The number of aryl methyl sites for hydroxylation is 1. The molecular weight excluding hydrogens is 394 g/mol. The van der Waals surface area contributed by atoms with Gasteiger partial charge >= 0.3 is 0 Å². The molecule has 5 rings (SSSR count). The highest BCUT2D eigenvalue weighted by molar-refractivity contribution is 7.92. The predicted octanol–water partition coefficient (Wildman–Crippen LogP) is 4.23. The van der Waals surface area contributed by atoms with Crippen molar-refractivity contribution in [3.05, 3.63) is 66.2 Å². The van der Waals surface area contributed by atoms with Crippen LogP contribution in [0.1, 0.15) is 18.4 Å². The Balaban J connectivity index is 1.49. The zero-order valence-corrected chi connectivity index (χ0v) is 18.0. The summed E-state index contributed by atoms with van der Waals surface area (Å²) in [7, 11) is -3.64. The first-order valence-electron chi connectivity index (χ1n) is 10.6. The van der Waals surface area contributed by atoms with Gasteiger partial charge in [0.1, 0.15) is 0 Å². The monoisotopic (exact) mass is 421 g/mol. The van der Waals surface area contributed by atoms with Crippen molar-refractivity contribution >= 4 is 32.2 Å². The van der Waals surface area contributed by atoms with Crippen molar-refractivity contribution in [3.63, 3.8) is 0 Å². The van der Waals surface area contributed by atoms with Crippen molar-refractivity contribution in [2.45, 2.75) is 30.7 Å². The standard InChI is InChI=1S/C24H27N3O2S/c1-18-8-10-20(11-9-18)30(28,29)25-23-12-13-24(22-7-3-2-6-21(22)23)27-16-15-26-14-4-5-19(26)17-27/h2-3,6-13,19,25H,4-5,14-17H2,1H3. The van der Waals surface area contributed by atoms with Gasteiger partial charge in [-0.15, -0.1) is 0 Å². The largest absolute Gasteiger partial charge is 0.368 e. The van der Waals surface area contributed by atoms with Crippen LogP contribution in [0, 0.1) is 6.92 Å². The Morgan fingerprint density at radius 1 is 0.900 bits per heavy atom. The van der Waals surface area contributed by atoms with Crippen LogP contribution in [0.2, 0.25) is 0 Å². The fraction of sp³-hybridized carbons (Fsp3) is 0.333. The van der Waals surface area contributed by atoms with Gasteiger partial charge in [0.2, 0.25) is 0 Å². The highest BCUT2D eigenvalue weighted by Crippen LogP contribution is 2.35. The molecule has 30 heavy (non-hydrogen) atoms. The molecule has 0 amide bonds. The zero-order chi connectivity index (χ0) is 20.7. The fourth-order valence-electron chi connectivity index (χ4n) is 4.78. The minimum absolute atomic E-state index is 0.276. The quantitative estimate of drug-likeness (QED) is 0.685. The molecule has 6 heteroatoms. The molecule has 2 saturated heterocycles. The van der Waals surface area contributed by atoms with Crippen molar-refractivity contribution in [3.8, 4) is 0 Å². The lowest BCUT2D eigenvalue weighted by Crippen LogP contribution is -2.50. The number of hydrogen-bond acceptors (Lipinski definition) is 4. The molecule has 1 atom stereocenters. The molecule has 5 nitrogen and oxygen atoms in total. The molecule has 2 heterocycles. The maximum Gasteiger partial charge on any atom is 0.261 e. The second-order valence-corrected chi connectivity index (χ2v) is 10.1. The van der Waals surface area contributed by atoms with E-state index in [1.807, 2.05) is 43.3 Å². The lowest BCUT2D eigenvalue weighted by Gasteiger charge is -2.39. The van der Waals surface area contributed by atoms with Crippen molar-refractivity contribution in [1.82, 2.24) is 4.90 Å². The third-order valence-electron chi connectivity index (χ3n) is 6.40. The van der Waals surface area contributed by atoms with E-state index in [0.29, 0.717) is 11.7 Å². The molecule has 2 fully saturated rings. The molecule has 0 bridgehead atoms. The van der Waals surface area contributed by atoms with Crippen LogP contribution in [0.5, 0.6) is 0 Å². The average molecular weight is 422 g/mol. The molecule has 2 aliphatic rings. The van der Waals surface area contributed by atoms with Crippen molar-refractivity contribution in [1.29, 1.82) is 0 Å². The molecule has 156 valence electrons. The second-order valence-electron chi connectivity index (χ2n) is 8.37. The van der Waals surface area contributed by atoms with Crippen molar-refractivity contribution in [2.75, 3.05) is 35.8 Å². The highest BCUT2D eigenvalue weighted by Gasteiger charge is 2.31. The van der Waals surface area contributed by atoms with Crippen LogP contribution in [-0.4, -0.2) is 45.5 Å². The molecule has 3 aromatic rings. The molecule has 2 aliphatic heterocycles. The van der Waals surface area contributed by atoms with Crippen LogP contribution in [-0.2, 0) is 10.0 Å². The Hall–Kier alpha value is -2.57. The average Bonchev–Trinajstić information content (AvgIpc) is 3.22. The van der Waals surface area contributed by atoms with Crippen LogP contribution in [0.25, 0.3) is 10.8 Å². The summed E-state index contributed by atoms with van der Waals surface area (Å²) >= 11 is 0. The van der Waals surface area contributed by atoms with Crippen molar-refractivity contribution < 1.29 is 8.42 Å². The summed E-state index contributed by atoms with van der Waals surface area (Å²) in [5, 5.41) is 2.02. The number of anilines is 2. The van der Waals surface area contributed by atoms with E-state index in [9.17, 15) is 8.42 Å². The molecule has 0 spiro atoms. The minimum atomic E-state index is -3.64. The first-order chi connectivity index (χ1) is 14.5. The maximum atomic E-state index is 12.9. The van der Waals surface area contributed by atoms with Crippen LogP contribution in [0.4, 0.5) is 11.4 Å². The van der Waals surface area contributed by atoms with Crippen LogP contribution in [0.3, 0.4) is 0 Å². The fourth-order valence-corrected chi connectivity index (χ4v) is 5.86. The third-order valence-corrected chi connectivity index (χ3v) is 7.79. The van der Waals surface area contributed by atoms with E-state index >= 15 is 0 Å². The van der Waals surface area contributed by atoms with Gasteiger partial charge in [-0.05, 0) is 50.6 Å². The van der Waals surface area contributed by atoms with E-state index in [1.54, 1.807) is 12.1 Å².